The summed E-state index contributed by atoms with van der Waals surface area (Å²) in [6.07, 6.45) is 3.01. The largest absolute Gasteiger partial charge is 0.711 e. The second-order valence-electron chi connectivity index (χ2n) is 6.60. The number of aromatic nitrogens is 3. The lowest BCUT2D eigenvalue weighted by Crippen LogP contribution is -2.49. The molecule has 8 nitrogen and oxygen atoms in total. The molecular weight excluding hydrogens is 382 g/mol. The number of hydrogen-bond acceptors (Lipinski definition) is 5. The second kappa shape index (κ2) is 7.55. The van der Waals surface area contributed by atoms with Crippen LogP contribution in [0.15, 0.2) is 42.7 Å². The van der Waals surface area contributed by atoms with Crippen molar-refractivity contribution >= 4 is 34.2 Å². The molecule has 1 aliphatic rings. The monoisotopic (exact) mass is 401 g/mol. The maximum absolute atomic E-state index is 12.7. The third-order valence-corrected chi connectivity index (χ3v) is 5.27. The first-order chi connectivity index (χ1) is 13.6. The summed E-state index contributed by atoms with van der Waals surface area (Å²) >= 11 is 6.09. The minimum absolute atomic E-state index is 0.0462. The van der Waals surface area contributed by atoms with Gasteiger partial charge in [0.05, 0.1) is 29.9 Å². The van der Waals surface area contributed by atoms with Gasteiger partial charge in [0.1, 0.15) is 5.75 Å². The molecule has 1 aliphatic heterocycles. The standard InChI is InChI=1S/C19H20ClN5O3/c1-28-17-11-15(4-5-16(17)20)22-7-9-23(10-8-22)18(26)13-24-19-14(12-21-24)3-2-6-25(19)27/h2-6,11-12H,7-10,13H2,1H3. The first-order valence-electron chi connectivity index (χ1n) is 8.97. The zero-order valence-corrected chi connectivity index (χ0v) is 16.2. The highest BCUT2D eigenvalue weighted by Crippen LogP contribution is 2.29. The average Bonchev–Trinajstić information content (AvgIpc) is 3.12. The molecule has 0 spiro atoms. The number of methoxy groups -OCH3 is 1. The van der Waals surface area contributed by atoms with Crippen molar-refractivity contribution < 1.29 is 14.3 Å². The van der Waals surface area contributed by atoms with E-state index in [-0.39, 0.29) is 12.5 Å². The second-order valence-corrected chi connectivity index (χ2v) is 7.01. The predicted octanol–water partition coefficient (Wildman–Crippen LogP) is 1.68. The van der Waals surface area contributed by atoms with Crippen LogP contribution in [0.5, 0.6) is 5.75 Å². The summed E-state index contributed by atoms with van der Waals surface area (Å²) in [6.45, 7) is 2.65. The number of ether oxygens (including phenoxy) is 1. The van der Waals surface area contributed by atoms with E-state index in [9.17, 15) is 10.0 Å². The molecule has 28 heavy (non-hydrogen) atoms. The molecule has 3 heterocycles. The number of fused-ring (bicyclic) bond motifs is 1. The van der Waals surface area contributed by atoms with Gasteiger partial charge >= 0.3 is 5.65 Å². The maximum Gasteiger partial charge on any atom is 0.314 e. The van der Waals surface area contributed by atoms with E-state index in [1.165, 1.54) is 10.9 Å². The van der Waals surface area contributed by atoms with Gasteiger partial charge < -0.3 is 19.7 Å². The summed E-state index contributed by atoms with van der Waals surface area (Å²) in [7, 11) is 1.59. The van der Waals surface area contributed by atoms with Gasteiger partial charge in [-0.1, -0.05) is 16.7 Å². The average molecular weight is 402 g/mol. The van der Waals surface area contributed by atoms with E-state index in [2.05, 4.69) is 10.00 Å². The van der Waals surface area contributed by atoms with Crippen LogP contribution in [0, 0.1) is 5.21 Å². The first-order valence-corrected chi connectivity index (χ1v) is 9.34. The topological polar surface area (TPSA) is 77.5 Å². The highest BCUT2D eigenvalue weighted by Gasteiger charge is 2.25. The molecule has 1 fully saturated rings. The summed E-state index contributed by atoms with van der Waals surface area (Å²) in [6, 6.07) is 9.13. The molecule has 0 aliphatic carbocycles. The first kappa shape index (κ1) is 18.4. The number of amides is 1. The Balaban J connectivity index is 1.41. The van der Waals surface area contributed by atoms with Crippen molar-refractivity contribution in [1.29, 1.82) is 0 Å². The van der Waals surface area contributed by atoms with Crippen molar-refractivity contribution in [2.45, 2.75) is 6.54 Å². The molecule has 9 heteroatoms. The van der Waals surface area contributed by atoms with E-state index in [1.54, 1.807) is 30.3 Å². The minimum Gasteiger partial charge on any atom is -0.711 e. The molecular formula is C19H20ClN5O3. The van der Waals surface area contributed by atoms with Crippen molar-refractivity contribution in [2.75, 3.05) is 38.2 Å². The van der Waals surface area contributed by atoms with E-state index in [1.807, 2.05) is 18.2 Å². The Kier molecular flexibility index (Phi) is 4.95. The van der Waals surface area contributed by atoms with E-state index in [4.69, 9.17) is 16.3 Å². The number of carbonyl (C=O) groups is 1. The quantitative estimate of drug-likeness (QED) is 0.491. The predicted molar refractivity (Wildman–Crippen MR) is 105 cm³/mol. The van der Waals surface area contributed by atoms with Gasteiger partial charge in [-0.25, -0.2) is 4.73 Å². The van der Waals surface area contributed by atoms with Gasteiger partial charge in [0.25, 0.3) is 5.91 Å². The number of anilines is 1. The zero-order chi connectivity index (χ0) is 19.7. The SMILES string of the molecule is COc1cc(N2CCN(C(=O)Cn3ncc4ccc[n+]([O-])c43)CC2)ccc1Cl. The number of hydrogen-bond donors (Lipinski definition) is 0. The van der Waals surface area contributed by atoms with Crippen molar-refractivity contribution in [1.82, 2.24) is 14.7 Å². The minimum atomic E-state index is -0.0535. The summed E-state index contributed by atoms with van der Waals surface area (Å²) in [5, 5.41) is 17.5. The number of nitrogens with zero attached hydrogens (tertiary/aromatic N) is 5. The van der Waals surface area contributed by atoms with Crippen molar-refractivity contribution in [3.8, 4) is 5.75 Å². The summed E-state index contributed by atoms with van der Waals surface area (Å²) in [5.74, 6) is 0.580. The van der Waals surface area contributed by atoms with Gasteiger partial charge in [-0.05, 0) is 24.3 Å². The lowest BCUT2D eigenvalue weighted by Gasteiger charge is -2.36. The molecule has 0 atom stereocenters. The number of pyridine rings is 1. The molecule has 146 valence electrons. The normalized spacial score (nSPS) is 14.5. The molecule has 0 N–H and O–H groups in total. The van der Waals surface area contributed by atoms with E-state index in [0.717, 1.165) is 10.4 Å². The van der Waals surface area contributed by atoms with Gasteiger partial charge in [-0.2, -0.15) is 0 Å². The lowest BCUT2D eigenvalue weighted by atomic mass is 10.2. The molecule has 1 saturated heterocycles. The molecule has 2 aromatic heterocycles. The summed E-state index contributed by atoms with van der Waals surface area (Å²) in [5.41, 5.74) is 1.40. The Morgan fingerprint density at radius 2 is 2.07 bits per heavy atom. The van der Waals surface area contributed by atoms with Crippen LogP contribution in [-0.4, -0.2) is 53.9 Å². The molecule has 3 aromatic rings. The number of benzene rings is 1. The molecule has 4 rings (SSSR count). The number of halogens is 1. The Bertz CT molecular complexity index is 1010. The molecule has 1 aromatic carbocycles. The van der Waals surface area contributed by atoms with E-state index < -0.39 is 0 Å². The Labute approximate surface area is 167 Å². The Morgan fingerprint density at radius 1 is 1.29 bits per heavy atom. The fourth-order valence-corrected chi connectivity index (χ4v) is 3.65. The third-order valence-electron chi connectivity index (χ3n) is 4.96. The van der Waals surface area contributed by atoms with Gasteiger partial charge in [0, 0.05) is 37.9 Å². The summed E-state index contributed by atoms with van der Waals surface area (Å²) in [4.78, 5) is 16.7. The highest BCUT2D eigenvalue weighted by molar-refractivity contribution is 6.32. The molecule has 0 unspecified atom stereocenters. The van der Waals surface area contributed by atoms with Gasteiger partial charge in [-0.3, -0.25) is 4.79 Å². The van der Waals surface area contributed by atoms with Crippen LogP contribution in [0.4, 0.5) is 5.69 Å². The van der Waals surface area contributed by atoms with Crippen LogP contribution < -0.4 is 14.4 Å². The molecule has 0 bridgehead atoms. The number of piperazine rings is 1. The maximum atomic E-state index is 12.7. The van der Waals surface area contributed by atoms with Crippen molar-refractivity contribution in [3.63, 3.8) is 0 Å². The van der Waals surface area contributed by atoms with E-state index in [0.29, 0.717) is 48.0 Å². The van der Waals surface area contributed by atoms with Crippen LogP contribution in [-0.2, 0) is 11.3 Å². The van der Waals surface area contributed by atoms with Crippen LogP contribution in [0.3, 0.4) is 0 Å². The van der Waals surface area contributed by atoms with Crippen molar-refractivity contribution in [2.24, 2.45) is 0 Å². The fraction of sp³-hybridized carbons (Fsp3) is 0.316. The third kappa shape index (κ3) is 3.43. The van der Waals surface area contributed by atoms with Gasteiger partial charge in [0.15, 0.2) is 6.54 Å². The molecule has 0 saturated carbocycles. The Morgan fingerprint density at radius 3 is 2.82 bits per heavy atom. The van der Waals surface area contributed by atoms with Gasteiger partial charge in [-0.15, -0.1) is 4.68 Å². The van der Waals surface area contributed by atoms with Crippen LogP contribution >= 0.6 is 11.6 Å². The lowest BCUT2D eigenvalue weighted by molar-refractivity contribution is -0.580. The van der Waals surface area contributed by atoms with Crippen molar-refractivity contribution in [3.05, 3.63) is 53.0 Å². The number of rotatable bonds is 4. The van der Waals surface area contributed by atoms with Crippen LogP contribution in [0.1, 0.15) is 0 Å². The smallest absolute Gasteiger partial charge is 0.314 e. The fourth-order valence-electron chi connectivity index (χ4n) is 3.45. The number of carbonyl (C=O) groups excluding carboxylic acids is 1. The molecule has 0 radical (unpaired) electrons. The highest BCUT2D eigenvalue weighted by atomic mass is 35.5. The van der Waals surface area contributed by atoms with Crippen LogP contribution in [0.25, 0.3) is 11.0 Å². The molecule has 1 amide bonds. The Hall–Kier alpha value is -3.00. The van der Waals surface area contributed by atoms with E-state index >= 15 is 0 Å². The van der Waals surface area contributed by atoms with Gasteiger partial charge in [0.2, 0.25) is 0 Å². The van der Waals surface area contributed by atoms with Crippen LogP contribution in [0.2, 0.25) is 5.02 Å². The zero-order valence-electron chi connectivity index (χ0n) is 15.4. The summed E-state index contributed by atoms with van der Waals surface area (Å²) < 4.78 is 7.48.